The van der Waals surface area contributed by atoms with Gasteiger partial charge in [-0.25, -0.2) is 0 Å². The van der Waals surface area contributed by atoms with Gasteiger partial charge in [0, 0.05) is 21.3 Å². The zero-order valence-electron chi connectivity index (χ0n) is 17.1. The van der Waals surface area contributed by atoms with Crippen LogP contribution in [0.2, 0.25) is 10.0 Å². The number of para-hydroxylation sites is 1. The number of benzene rings is 3. The summed E-state index contributed by atoms with van der Waals surface area (Å²) >= 11 is 12.0. The fourth-order valence-corrected chi connectivity index (χ4v) is 3.59. The van der Waals surface area contributed by atoms with Gasteiger partial charge in [-0.05, 0) is 61.0 Å². The summed E-state index contributed by atoms with van der Waals surface area (Å²) in [5, 5.41) is 4.19. The SMILES string of the molecule is CCC(Oc1c(-c2ccc(Cl)cc2)oc2ccccc2c1=O)C(=O)Nc1cccc(Cl)c1. The predicted molar refractivity (Wildman–Crippen MR) is 128 cm³/mol. The highest BCUT2D eigenvalue weighted by Gasteiger charge is 2.25. The van der Waals surface area contributed by atoms with Crippen molar-refractivity contribution in [3.05, 3.63) is 93.1 Å². The van der Waals surface area contributed by atoms with Crippen LogP contribution >= 0.6 is 23.2 Å². The first-order valence-electron chi connectivity index (χ1n) is 10.0. The van der Waals surface area contributed by atoms with E-state index in [2.05, 4.69) is 5.32 Å². The highest BCUT2D eigenvalue weighted by atomic mass is 35.5. The smallest absolute Gasteiger partial charge is 0.265 e. The number of anilines is 1. The zero-order valence-corrected chi connectivity index (χ0v) is 18.6. The van der Waals surface area contributed by atoms with Crippen LogP contribution in [0.15, 0.2) is 82.0 Å². The number of hydrogen-bond acceptors (Lipinski definition) is 4. The molecule has 0 aliphatic carbocycles. The van der Waals surface area contributed by atoms with Crippen molar-refractivity contribution >= 4 is 45.8 Å². The number of halogens is 2. The molecule has 7 heteroatoms. The Morgan fingerprint density at radius 1 is 1.00 bits per heavy atom. The van der Waals surface area contributed by atoms with E-state index in [1.807, 2.05) is 0 Å². The summed E-state index contributed by atoms with van der Waals surface area (Å²) in [5.41, 5.74) is 1.21. The Morgan fingerprint density at radius 3 is 2.47 bits per heavy atom. The van der Waals surface area contributed by atoms with E-state index in [1.54, 1.807) is 79.7 Å². The van der Waals surface area contributed by atoms with Gasteiger partial charge in [0.2, 0.25) is 11.2 Å². The van der Waals surface area contributed by atoms with Crippen LogP contribution in [0.3, 0.4) is 0 Å². The Kier molecular flexibility index (Phi) is 6.49. The Hall–Kier alpha value is -3.28. The van der Waals surface area contributed by atoms with Gasteiger partial charge in [0.1, 0.15) is 5.58 Å². The van der Waals surface area contributed by atoms with Gasteiger partial charge < -0.3 is 14.5 Å². The van der Waals surface area contributed by atoms with Gasteiger partial charge in [-0.3, -0.25) is 9.59 Å². The summed E-state index contributed by atoms with van der Waals surface area (Å²) in [7, 11) is 0. The van der Waals surface area contributed by atoms with E-state index in [-0.39, 0.29) is 16.9 Å². The number of amides is 1. The van der Waals surface area contributed by atoms with Crippen molar-refractivity contribution in [2.45, 2.75) is 19.4 Å². The minimum Gasteiger partial charge on any atom is -0.473 e. The number of rotatable bonds is 6. The van der Waals surface area contributed by atoms with Crippen molar-refractivity contribution < 1.29 is 13.9 Å². The number of ether oxygens (including phenoxy) is 1. The molecule has 1 N–H and O–H groups in total. The molecular formula is C25H19Cl2NO4. The summed E-state index contributed by atoms with van der Waals surface area (Å²) in [4.78, 5) is 26.2. The Balaban J connectivity index is 1.75. The molecule has 1 aromatic heterocycles. The van der Waals surface area contributed by atoms with Crippen molar-refractivity contribution in [1.82, 2.24) is 0 Å². The lowest BCUT2D eigenvalue weighted by Crippen LogP contribution is -2.34. The van der Waals surface area contributed by atoms with Crippen molar-refractivity contribution in [3.8, 4) is 17.1 Å². The molecule has 0 saturated heterocycles. The molecule has 1 amide bonds. The molecule has 32 heavy (non-hydrogen) atoms. The average molecular weight is 468 g/mol. The van der Waals surface area contributed by atoms with Crippen molar-refractivity contribution in [1.29, 1.82) is 0 Å². The van der Waals surface area contributed by atoms with Crippen LogP contribution in [0.25, 0.3) is 22.3 Å². The molecular weight excluding hydrogens is 449 g/mol. The van der Waals surface area contributed by atoms with Crippen LogP contribution in [0.4, 0.5) is 5.69 Å². The molecule has 0 fully saturated rings. The van der Waals surface area contributed by atoms with Gasteiger partial charge in [0.15, 0.2) is 11.9 Å². The molecule has 1 atom stereocenters. The molecule has 0 aliphatic heterocycles. The minimum absolute atomic E-state index is 0.0286. The third kappa shape index (κ3) is 4.64. The van der Waals surface area contributed by atoms with Crippen LogP contribution in [0.1, 0.15) is 13.3 Å². The van der Waals surface area contributed by atoms with Crippen LogP contribution in [0, 0.1) is 0 Å². The Bertz CT molecular complexity index is 1330. The number of carbonyl (C=O) groups excluding carboxylic acids is 1. The first-order valence-corrected chi connectivity index (χ1v) is 10.8. The van der Waals surface area contributed by atoms with Crippen LogP contribution in [0.5, 0.6) is 5.75 Å². The maximum atomic E-state index is 13.3. The molecule has 1 unspecified atom stereocenters. The lowest BCUT2D eigenvalue weighted by atomic mass is 10.1. The molecule has 3 aromatic carbocycles. The van der Waals surface area contributed by atoms with Gasteiger partial charge in [-0.1, -0.05) is 48.3 Å². The molecule has 162 valence electrons. The molecule has 0 saturated carbocycles. The van der Waals surface area contributed by atoms with E-state index in [1.165, 1.54) is 0 Å². The second-order valence-electron chi connectivity index (χ2n) is 7.11. The summed E-state index contributed by atoms with van der Waals surface area (Å²) in [6.45, 7) is 1.80. The summed E-state index contributed by atoms with van der Waals surface area (Å²) in [6, 6.07) is 20.5. The quantitative estimate of drug-likeness (QED) is 0.348. The number of nitrogens with one attached hydrogen (secondary N) is 1. The second-order valence-corrected chi connectivity index (χ2v) is 7.98. The molecule has 4 rings (SSSR count). The molecule has 5 nitrogen and oxygen atoms in total. The largest absolute Gasteiger partial charge is 0.473 e. The van der Waals surface area contributed by atoms with Gasteiger partial charge in [0.05, 0.1) is 5.39 Å². The van der Waals surface area contributed by atoms with Crippen LogP contribution in [-0.2, 0) is 4.79 Å². The fraction of sp³-hybridized carbons (Fsp3) is 0.120. The summed E-state index contributed by atoms with van der Waals surface area (Å²) < 4.78 is 12.0. The van der Waals surface area contributed by atoms with Crippen LogP contribution in [-0.4, -0.2) is 12.0 Å². The highest BCUT2D eigenvalue weighted by Crippen LogP contribution is 2.32. The van der Waals surface area contributed by atoms with E-state index in [0.29, 0.717) is 38.7 Å². The van der Waals surface area contributed by atoms with E-state index >= 15 is 0 Å². The normalized spacial score (nSPS) is 11.8. The predicted octanol–water partition coefficient (Wildman–Crippen LogP) is 6.56. The molecule has 0 aliphatic rings. The first-order chi connectivity index (χ1) is 15.5. The first kappa shape index (κ1) is 21.9. The molecule has 0 radical (unpaired) electrons. The maximum absolute atomic E-state index is 13.3. The number of hydrogen-bond donors (Lipinski definition) is 1. The van der Waals surface area contributed by atoms with Gasteiger partial charge in [-0.2, -0.15) is 0 Å². The zero-order chi connectivity index (χ0) is 22.7. The van der Waals surface area contributed by atoms with E-state index in [9.17, 15) is 9.59 Å². The average Bonchev–Trinajstić information content (AvgIpc) is 2.79. The van der Waals surface area contributed by atoms with Crippen molar-refractivity contribution in [2.24, 2.45) is 0 Å². The lowest BCUT2D eigenvalue weighted by molar-refractivity contribution is -0.122. The fourth-order valence-electron chi connectivity index (χ4n) is 3.28. The van der Waals surface area contributed by atoms with Gasteiger partial charge in [0.25, 0.3) is 5.91 Å². The highest BCUT2D eigenvalue weighted by molar-refractivity contribution is 6.31. The number of carbonyl (C=O) groups is 1. The third-order valence-corrected chi connectivity index (χ3v) is 5.37. The van der Waals surface area contributed by atoms with Gasteiger partial charge >= 0.3 is 0 Å². The molecule has 0 bridgehead atoms. The topological polar surface area (TPSA) is 68.5 Å². The second kappa shape index (κ2) is 9.47. The summed E-state index contributed by atoms with van der Waals surface area (Å²) in [5.74, 6) is -0.192. The van der Waals surface area contributed by atoms with Crippen molar-refractivity contribution in [3.63, 3.8) is 0 Å². The Labute approximate surface area is 194 Å². The monoisotopic (exact) mass is 467 g/mol. The molecule has 4 aromatic rings. The van der Waals surface area contributed by atoms with Crippen LogP contribution < -0.4 is 15.5 Å². The van der Waals surface area contributed by atoms with Gasteiger partial charge in [-0.15, -0.1) is 0 Å². The maximum Gasteiger partial charge on any atom is 0.265 e. The van der Waals surface area contributed by atoms with E-state index in [4.69, 9.17) is 32.4 Å². The third-order valence-electron chi connectivity index (χ3n) is 4.88. The molecule has 0 spiro atoms. The molecule has 1 heterocycles. The summed E-state index contributed by atoms with van der Waals surface area (Å²) in [6.07, 6.45) is -0.595. The standard InChI is InChI=1S/C25H19Cl2NO4/c1-2-20(25(30)28-18-7-5-6-17(27)14-18)31-24-22(29)19-8-3-4-9-21(19)32-23(24)15-10-12-16(26)13-11-15/h3-14,20H,2H2,1H3,(H,28,30). The minimum atomic E-state index is -0.927. The lowest BCUT2D eigenvalue weighted by Gasteiger charge is -2.19. The van der Waals surface area contributed by atoms with E-state index in [0.717, 1.165) is 0 Å². The number of fused-ring (bicyclic) bond motifs is 1. The Morgan fingerprint density at radius 2 is 1.75 bits per heavy atom. The van der Waals surface area contributed by atoms with Crippen molar-refractivity contribution in [2.75, 3.05) is 5.32 Å². The van der Waals surface area contributed by atoms with E-state index < -0.39 is 12.0 Å².